The summed E-state index contributed by atoms with van der Waals surface area (Å²) < 4.78 is 2.28. The number of hydrogen-bond donors (Lipinski definition) is 1. The molecule has 2 heterocycles. The highest BCUT2D eigenvalue weighted by atomic mass is 127. The van der Waals surface area contributed by atoms with Crippen molar-refractivity contribution in [1.29, 1.82) is 0 Å². The molecule has 0 saturated heterocycles. The maximum atomic E-state index is 11.3. The van der Waals surface area contributed by atoms with Crippen LogP contribution < -0.4 is 5.56 Å². The molecule has 5 nitrogen and oxygen atoms in total. The molecule has 0 bridgehead atoms. The maximum Gasteiger partial charge on any atom is 0.276 e. The summed E-state index contributed by atoms with van der Waals surface area (Å²) in [6, 6.07) is 0. The standard InChI is InChI=1S/C6H5IN4O/c1-11-4-3(5(7)10-11)8-2-9-6(4)12/h2H,1H3,(H,8,9,12). The second-order valence-corrected chi connectivity index (χ2v) is 3.37. The summed E-state index contributed by atoms with van der Waals surface area (Å²) in [4.78, 5) is 17.8. The molecule has 2 rings (SSSR count). The second-order valence-electron chi connectivity index (χ2n) is 2.34. The zero-order valence-corrected chi connectivity index (χ0v) is 8.36. The van der Waals surface area contributed by atoms with Crippen molar-refractivity contribution < 1.29 is 0 Å². The Hall–Kier alpha value is -0.920. The topological polar surface area (TPSA) is 63.6 Å². The van der Waals surface area contributed by atoms with E-state index in [0.717, 1.165) is 3.70 Å². The number of aryl methyl sites for hydroxylation is 1. The van der Waals surface area contributed by atoms with E-state index >= 15 is 0 Å². The minimum atomic E-state index is -0.155. The van der Waals surface area contributed by atoms with Crippen molar-refractivity contribution in [2.45, 2.75) is 0 Å². The van der Waals surface area contributed by atoms with Crippen LogP contribution in [0.4, 0.5) is 0 Å². The predicted octanol–water partition coefficient (Wildman–Crippen LogP) is 0.261. The highest BCUT2D eigenvalue weighted by Crippen LogP contribution is 2.11. The highest BCUT2D eigenvalue weighted by Gasteiger charge is 2.09. The first-order valence-corrected chi connectivity index (χ1v) is 4.34. The van der Waals surface area contributed by atoms with E-state index in [2.05, 4.69) is 15.1 Å². The Labute approximate surface area is 80.9 Å². The monoisotopic (exact) mass is 276 g/mol. The number of hydrogen-bond acceptors (Lipinski definition) is 3. The number of nitrogens with zero attached hydrogens (tertiary/aromatic N) is 3. The van der Waals surface area contributed by atoms with Crippen molar-refractivity contribution in [2.75, 3.05) is 0 Å². The number of nitrogens with one attached hydrogen (secondary N) is 1. The van der Waals surface area contributed by atoms with E-state index in [4.69, 9.17) is 0 Å². The average molecular weight is 276 g/mol. The van der Waals surface area contributed by atoms with Crippen LogP contribution in [-0.4, -0.2) is 19.7 Å². The molecule has 0 saturated carbocycles. The molecule has 0 atom stereocenters. The smallest absolute Gasteiger partial charge is 0.276 e. The Balaban J connectivity index is 3.09. The Morgan fingerprint density at radius 1 is 1.67 bits per heavy atom. The molecule has 1 N–H and O–H groups in total. The number of halogens is 1. The van der Waals surface area contributed by atoms with Crippen LogP contribution in [0.2, 0.25) is 0 Å². The van der Waals surface area contributed by atoms with Crippen molar-refractivity contribution in [2.24, 2.45) is 7.05 Å². The summed E-state index contributed by atoms with van der Waals surface area (Å²) in [5, 5.41) is 4.07. The maximum absolute atomic E-state index is 11.3. The van der Waals surface area contributed by atoms with E-state index in [1.54, 1.807) is 7.05 Å². The van der Waals surface area contributed by atoms with Crippen LogP contribution >= 0.6 is 22.6 Å². The van der Waals surface area contributed by atoms with Gasteiger partial charge in [-0.3, -0.25) is 9.48 Å². The first-order chi connectivity index (χ1) is 5.70. The molecule has 2 aromatic heterocycles. The second kappa shape index (κ2) is 2.54. The Morgan fingerprint density at radius 3 is 3.08 bits per heavy atom. The summed E-state index contributed by atoms with van der Waals surface area (Å²) >= 11 is 2.05. The third-order valence-electron chi connectivity index (χ3n) is 1.59. The molecule has 12 heavy (non-hydrogen) atoms. The number of fused-ring (bicyclic) bond motifs is 1. The minimum absolute atomic E-state index is 0.155. The highest BCUT2D eigenvalue weighted by molar-refractivity contribution is 14.1. The lowest BCUT2D eigenvalue weighted by molar-refractivity contribution is 0.783. The normalized spacial score (nSPS) is 10.8. The molecule has 0 unspecified atom stereocenters. The Kier molecular flexibility index (Phi) is 1.63. The molecular weight excluding hydrogens is 271 g/mol. The largest absolute Gasteiger partial charge is 0.311 e. The number of aromatic nitrogens is 4. The van der Waals surface area contributed by atoms with Crippen molar-refractivity contribution in [3.63, 3.8) is 0 Å². The SMILES string of the molecule is Cn1nc(I)c2nc[nH]c(=O)c21. The van der Waals surface area contributed by atoms with Gasteiger partial charge in [0.05, 0.1) is 6.33 Å². The van der Waals surface area contributed by atoms with Gasteiger partial charge in [-0.1, -0.05) is 0 Å². The summed E-state index contributed by atoms with van der Waals surface area (Å²) in [5.41, 5.74) is 1.02. The van der Waals surface area contributed by atoms with Gasteiger partial charge in [0.25, 0.3) is 5.56 Å². The molecule has 0 aliphatic rings. The van der Waals surface area contributed by atoms with Gasteiger partial charge < -0.3 is 4.98 Å². The summed E-state index contributed by atoms with van der Waals surface area (Å²) in [6.45, 7) is 0. The van der Waals surface area contributed by atoms with E-state index in [-0.39, 0.29) is 5.56 Å². The molecule has 0 amide bonds. The minimum Gasteiger partial charge on any atom is -0.311 e. The lowest BCUT2D eigenvalue weighted by atomic mass is 10.5. The van der Waals surface area contributed by atoms with Gasteiger partial charge in [0.2, 0.25) is 0 Å². The van der Waals surface area contributed by atoms with E-state index in [1.165, 1.54) is 11.0 Å². The molecule has 0 spiro atoms. The first kappa shape index (κ1) is 7.71. The lowest BCUT2D eigenvalue weighted by Crippen LogP contribution is -2.09. The van der Waals surface area contributed by atoms with Gasteiger partial charge in [0, 0.05) is 7.05 Å². The molecule has 2 aromatic rings. The van der Waals surface area contributed by atoms with Gasteiger partial charge in [-0.15, -0.1) is 0 Å². The van der Waals surface area contributed by atoms with Gasteiger partial charge in [-0.2, -0.15) is 5.10 Å². The van der Waals surface area contributed by atoms with Crippen LogP contribution in [0.5, 0.6) is 0 Å². The lowest BCUT2D eigenvalue weighted by Gasteiger charge is -1.88. The molecule has 0 aliphatic heterocycles. The van der Waals surface area contributed by atoms with Gasteiger partial charge in [-0.05, 0) is 22.6 Å². The van der Waals surface area contributed by atoms with E-state index < -0.39 is 0 Å². The van der Waals surface area contributed by atoms with Gasteiger partial charge in [0.15, 0.2) is 5.52 Å². The summed E-state index contributed by atoms with van der Waals surface area (Å²) in [7, 11) is 1.72. The Morgan fingerprint density at radius 2 is 2.42 bits per heavy atom. The molecule has 6 heteroatoms. The first-order valence-electron chi connectivity index (χ1n) is 3.26. The predicted molar refractivity (Wildman–Crippen MR) is 51.8 cm³/mol. The molecule has 0 fully saturated rings. The van der Waals surface area contributed by atoms with Crippen LogP contribution in [0.25, 0.3) is 11.0 Å². The molecule has 0 aromatic carbocycles. The van der Waals surface area contributed by atoms with Crippen LogP contribution in [0, 0.1) is 3.70 Å². The molecule has 0 aliphatic carbocycles. The summed E-state index contributed by atoms with van der Waals surface area (Å²) in [6.07, 6.45) is 1.38. The zero-order chi connectivity index (χ0) is 8.72. The van der Waals surface area contributed by atoms with Crippen molar-refractivity contribution in [1.82, 2.24) is 19.7 Å². The summed E-state index contributed by atoms with van der Waals surface area (Å²) in [5.74, 6) is 0. The van der Waals surface area contributed by atoms with Gasteiger partial charge in [0.1, 0.15) is 9.22 Å². The average Bonchev–Trinajstić information content (AvgIpc) is 2.29. The van der Waals surface area contributed by atoms with Crippen LogP contribution in [0.15, 0.2) is 11.1 Å². The third-order valence-corrected chi connectivity index (χ3v) is 2.31. The van der Waals surface area contributed by atoms with Crippen LogP contribution in [0.3, 0.4) is 0 Å². The van der Waals surface area contributed by atoms with Crippen LogP contribution in [-0.2, 0) is 7.05 Å². The zero-order valence-electron chi connectivity index (χ0n) is 6.21. The number of aromatic amines is 1. The third kappa shape index (κ3) is 0.942. The van der Waals surface area contributed by atoms with E-state index in [1.807, 2.05) is 22.6 Å². The van der Waals surface area contributed by atoms with Crippen molar-refractivity contribution in [3.05, 3.63) is 20.4 Å². The fraction of sp³-hybridized carbons (Fsp3) is 0.167. The van der Waals surface area contributed by atoms with Crippen molar-refractivity contribution >= 4 is 33.6 Å². The van der Waals surface area contributed by atoms with E-state index in [0.29, 0.717) is 11.0 Å². The van der Waals surface area contributed by atoms with Gasteiger partial charge >= 0.3 is 0 Å². The molecule has 0 radical (unpaired) electrons. The van der Waals surface area contributed by atoms with Crippen LogP contribution in [0.1, 0.15) is 0 Å². The fourth-order valence-corrected chi connectivity index (χ4v) is 1.79. The molecular formula is C6H5IN4O. The molecule has 62 valence electrons. The van der Waals surface area contributed by atoms with Gasteiger partial charge in [-0.25, -0.2) is 4.98 Å². The fourth-order valence-electron chi connectivity index (χ4n) is 1.07. The quantitative estimate of drug-likeness (QED) is 0.702. The van der Waals surface area contributed by atoms with Crippen molar-refractivity contribution in [3.8, 4) is 0 Å². The number of H-pyrrole nitrogens is 1. The number of rotatable bonds is 0. The Bertz CT molecular complexity index is 486. The van der Waals surface area contributed by atoms with E-state index in [9.17, 15) is 4.79 Å².